The normalized spacial score (nSPS) is 22.9. The molecule has 0 aromatic carbocycles. The third kappa shape index (κ3) is 3.15. The summed E-state index contributed by atoms with van der Waals surface area (Å²) in [6.07, 6.45) is 5.18. The van der Waals surface area contributed by atoms with E-state index in [2.05, 4.69) is 4.90 Å². The fourth-order valence-corrected chi connectivity index (χ4v) is 6.47. The van der Waals surface area contributed by atoms with Gasteiger partial charge >= 0.3 is 0 Å². The standard InChI is InChI=1S/C14H21ClN2O2S2/c15-11-13-14(5-10-20-13)21(18,19)17-8-6-16(7-9-17)12-3-1-2-4-12/h5,10,12H,1-4,6-9,11H2. The Balaban J connectivity index is 1.68. The molecule has 1 saturated carbocycles. The second kappa shape index (κ2) is 6.54. The molecule has 118 valence electrons. The summed E-state index contributed by atoms with van der Waals surface area (Å²) in [5.41, 5.74) is 0. The molecule has 0 radical (unpaired) electrons. The fraction of sp³-hybridized carbons (Fsp3) is 0.714. The van der Waals surface area contributed by atoms with E-state index in [9.17, 15) is 8.42 Å². The maximum atomic E-state index is 12.7. The van der Waals surface area contributed by atoms with Gasteiger partial charge in [-0.05, 0) is 24.3 Å². The zero-order valence-electron chi connectivity index (χ0n) is 12.0. The van der Waals surface area contributed by atoms with Crippen LogP contribution in [-0.2, 0) is 15.9 Å². The van der Waals surface area contributed by atoms with E-state index >= 15 is 0 Å². The number of halogens is 1. The van der Waals surface area contributed by atoms with Crippen molar-refractivity contribution in [3.05, 3.63) is 16.3 Å². The lowest BCUT2D eigenvalue weighted by Crippen LogP contribution is -2.51. The van der Waals surface area contributed by atoms with E-state index in [0.29, 0.717) is 24.0 Å². The molecule has 0 N–H and O–H groups in total. The molecule has 3 rings (SSSR count). The second-order valence-corrected chi connectivity index (χ2v) is 8.89. The van der Waals surface area contributed by atoms with Gasteiger partial charge in [0.15, 0.2) is 0 Å². The van der Waals surface area contributed by atoms with E-state index in [-0.39, 0.29) is 5.88 Å². The van der Waals surface area contributed by atoms with Crippen molar-refractivity contribution in [2.24, 2.45) is 0 Å². The summed E-state index contributed by atoms with van der Waals surface area (Å²) in [4.78, 5) is 3.61. The summed E-state index contributed by atoms with van der Waals surface area (Å²) in [5, 5.41) is 1.80. The topological polar surface area (TPSA) is 40.6 Å². The molecule has 1 saturated heterocycles. The van der Waals surface area contributed by atoms with Gasteiger partial charge in [0.05, 0.1) is 10.8 Å². The quantitative estimate of drug-likeness (QED) is 0.785. The van der Waals surface area contributed by atoms with Crippen LogP contribution in [0.1, 0.15) is 30.6 Å². The highest BCUT2D eigenvalue weighted by molar-refractivity contribution is 7.89. The molecule has 2 fully saturated rings. The Morgan fingerprint density at radius 2 is 1.86 bits per heavy atom. The zero-order chi connectivity index (χ0) is 14.9. The molecule has 21 heavy (non-hydrogen) atoms. The lowest BCUT2D eigenvalue weighted by Gasteiger charge is -2.37. The van der Waals surface area contributed by atoms with E-state index in [1.807, 2.05) is 0 Å². The maximum absolute atomic E-state index is 12.7. The summed E-state index contributed by atoms with van der Waals surface area (Å²) in [7, 11) is -3.38. The van der Waals surface area contributed by atoms with Crippen molar-refractivity contribution in [3.63, 3.8) is 0 Å². The summed E-state index contributed by atoms with van der Waals surface area (Å²) in [6, 6.07) is 2.36. The monoisotopic (exact) mass is 348 g/mol. The zero-order valence-corrected chi connectivity index (χ0v) is 14.4. The van der Waals surface area contributed by atoms with E-state index in [4.69, 9.17) is 11.6 Å². The van der Waals surface area contributed by atoms with Crippen molar-refractivity contribution < 1.29 is 8.42 Å². The van der Waals surface area contributed by atoms with Crippen LogP contribution in [0.3, 0.4) is 0 Å². The van der Waals surface area contributed by atoms with Gasteiger partial charge in [-0.25, -0.2) is 8.42 Å². The minimum atomic E-state index is -3.38. The van der Waals surface area contributed by atoms with Crippen molar-refractivity contribution in [1.29, 1.82) is 0 Å². The summed E-state index contributed by atoms with van der Waals surface area (Å²) in [6.45, 7) is 2.89. The van der Waals surface area contributed by atoms with Crippen molar-refractivity contribution in [2.75, 3.05) is 26.2 Å². The van der Waals surface area contributed by atoms with Crippen molar-refractivity contribution in [3.8, 4) is 0 Å². The number of sulfonamides is 1. The number of hydrogen-bond donors (Lipinski definition) is 0. The van der Waals surface area contributed by atoms with Crippen LogP contribution in [0.4, 0.5) is 0 Å². The minimum Gasteiger partial charge on any atom is -0.298 e. The number of rotatable bonds is 4. The second-order valence-electron chi connectivity index (χ2n) is 5.72. The first-order chi connectivity index (χ1) is 10.1. The summed E-state index contributed by atoms with van der Waals surface area (Å²) >= 11 is 7.26. The molecule has 1 aromatic heterocycles. The van der Waals surface area contributed by atoms with Crippen LogP contribution in [0.25, 0.3) is 0 Å². The Morgan fingerprint density at radius 3 is 2.48 bits per heavy atom. The Hall–Kier alpha value is -0.140. The molecule has 4 nitrogen and oxygen atoms in total. The Labute approximate surface area is 135 Å². The van der Waals surface area contributed by atoms with Gasteiger partial charge < -0.3 is 0 Å². The molecule has 7 heteroatoms. The molecule has 1 aliphatic carbocycles. The highest BCUT2D eigenvalue weighted by atomic mass is 35.5. The molecule has 0 atom stereocenters. The highest BCUT2D eigenvalue weighted by Gasteiger charge is 2.33. The van der Waals surface area contributed by atoms with E-state index in [0.717, 1.165) is 18.0 Å². The average molecular weight is 349 g/mol. The third-order valence-electron chi connectivity index (χ3n) is 4.56. The van der Waals surface area contributed by atoms with Crippen LogP contribution in [-0.4, -0.2) is 49.8 Å². The third-order valence-corrected chi connectivity index (χ3v) is 8.02. The molecule has 2 aliphatic rings. The van der Waals surface area contributed by atoms with Crippen molar-refractivity contribution in [2.45, 2.75) is 42.5 Å². The van der Waals surface area contributed by atoms with Gasteiger partial charge in [0, 0.05) is 37.1 Å². The van der Waals surface area contributed by atoms with Crippen molar-refractivity contribution >= 4 is 33.0 Å². The average Bonchev–Trinajstić information content (AvgIpc) is 3.18. The van der Waals surface area contributed by atoms with E-state index < -0.39 is 10.0 Å². The predicted molar refractivity (Wildman–Crippen MR) is 86.5 cm³/mol. The lowest BCUT2D eigenvalue weighted by atomic mass is 10.2. The number of alkyl halides is 1. The van der Waals surface area contributed by atoms with Crippen LogP contribution in [0.15, 0.2) is 16.3 Å². The first-order valence-electron chi connectivity index (χ1n) is 7.49. The molecule has 1 aliphatic heterocycles. The first-order valence-corrected chi connectivity index (χ1v) is 10.3. The van der Waals surface area contributed by atoms with Gasteiger partial charge in [-0.2, -0.15) is 4.31 Å². The molecule has 0 spiro atoms. The highest BCUT2D eigenvalue weighted by Crippen LogP contribution is 2.29. The van der Waals surface area contributed by atoms with Crippen LogP contribution >= 0.6 is 22.9 Å². The van der Waals surface area contributed by atoms with Gasteiger partial charge in [0.25, 0.3) is 0 Å². The van der Waals surface area contributed by atoms with Gasteiger partial charge in [-0.15, -0.1) is 22.9 Å². The maximum Gasteiger partial charge on any atom is 0.244 e. The van der Waals surface area contributed by atoms with Crippen LogP contribution in [0, 0.1) is 0 Å². The smallest absolute Gasteiger partial charge is 0.244 e. The van der Waals surface area contributed by atoms with Gasteiger partial charge in [-0.1, -0.05) is 12.8 Å². The van der Waals surface area contributed by atoms with E-state index in [1.165, 1.54) is 37.0 Å². The van der Waals surface area contributed by atoms with Gasteiger partial charge in [-0.3, -0.25) is 4.90 Å². The fourth-order valence-electron chi connectivity index (χ4n) is 3.37. The van der Waals surface area contributed by atoms with Crippen LogP contribution in [0.2, 0.25) is 0 Å². The molecule has 0 unspecified atom stereocenters. The SMILES string of the molecule is O=S(=O)(c1ccsc1CCl)N1CCN(C2CCCC2)CC1. The van der Waals surface area contributed by atoms with E-state index in [1.54, 1.807) is 15.8 Å². The number of hydrogen-bond acceptors (Lipinski definition) is 4. The Morgan fingerprint density at radius 1 is 1.19 bits per heavy atom. The largest absolute Gasteiger partial charge is 0.298 e. The number of nitrogens with zero attached hydrogens (tertiary/aromatic N) is 2. The molecular weight excluding hydrogens is 328 g/mol. The molecule has 0 bridgehead atoms. The number of thiophene rings is 1. The molecule has 1 aromatic rings. The van der Waals surface area contributed by atoms with Crippen LogP contribution in [0.5, 0.6) is 0 Å². The molecule has 0 amide bonds. The molecular formula is C14H21ClN2O2S2. The van der Waals surface area contributed by atoms with Crippen molar-refractivity contribution in [1.82, 2.24) is 9.21 Å². The predicted octanol–water partition coefficient (Wildman–Crippen LogP) is 2.74. The molecule has 2 heterocycles. The number of piperazine rings is 1. The summed E-state index contributed by atoms with van der Waals surface area (Å²) in [5.74, 6) is 0.258. The Bertz CT molecular complexity index is 574. The van der Waals surface area contributed by atoms with Crippen LogP contribution < -0.4 is 0 Å². The van der Waals surface area contributed by atoms with Gasteiger partial charge in [0.1, 0.15) is 0 Å². The minimum absolute atomic E-state index is 0.258. The Kier molecular flexibility index (Phi) is 4.90. The van der Waals surface area contributed by atoms with Gasteiger partial charge in [0.2, 0.25) is 10.0 Å². The summed E-state index contributed by atoms with van der Waals surface area (Å²) < 4.78 is 27.0. The first kappa shape index (κ1) is 15.7. The lowest BCUT2D eigenvalue weighted by molar-refractivity contribution is 0.139.